The Morgan fingerprint density at radius 2 is 2.14 bits per heavy atom. The van der Waals surface area contributed by atoms with Gasteiger partial charge in [-0.2, -0.15) is 20.2 Å². The molecular formula is C20H23N3O3S3. The summed E-state index contributed by atoms with van der Waals surface area (Å²) in [6.07, 6.45) is 3.69. The quantitative estimate of drug-likeness (QED) is 0.677. The third-order valence-corrected chi connectivity index (χ3v) is 8.37. The molecule has 1 aromatic carbocycles. The molecule has 0 bridgehead atoms. The molecule has 1 fully saturated rings. The lowest BCUT2D eigenvalue weighted by Gasteiger charge is -2.29. The fourth-order valence-electron chi connectivity index (χ4n) is 3.53. The van der Waals surface area contributed by atoms with Gasteiger partial charge in [0.15, 0.2) is 0 Å². The van der Waals surface area contributed by atoms with Crippen LogP contribution in [0.4, 0.5) is 5.69 Å². The number of nitrogens with zero attached hydrogens (tertiary/aromatic N) is 2. The fraction of sp³-hybridized carbons (Fsp3) is 0.400. The average molecular weight is 450 g/mol. The second-order valence-electron chi connectivity index (χ2n) is 7.02. The van der Waals surface area contributed by atoms with Crippen molar-refractivity contribution in [3.8, 4) is 0 Å². The van der Waals surface area contributed by atoms with Crippen molar-refractivity contribution in [3.05, 3.63) is 46.2 Å². The predicted molar refractivity (Wildman–Crippen MR) is 120 cm³/mol. The van der Waals surface area contributed by atoms with E-state index in [2.05, 4.69) is 21.2 Å². The van der Waals surface area contributed by atoms with Crippen molar-refractivity contribution in [3.63, 3.8) is 0 Å². The van der Waals surface area contributed by atoms with Crippen molar-refractivity contribution in [2.45, 2.75) is 36.3 Å². The minimum atomic E-state index is -3.78. The van der Waals surface area contributed by atoms with Crippen molar-refractivity contribution in [1.29, 1.82) is 0 Å². The molecule has 154 valence electrons. The van der Waals surface area contributed by atoms with Crippen LogP contribution < -0.4 is 10.2 Å². The molecule has 2 aliphatic heterocycles. The van der Waals surface area contributed by atoms with E-state index in [1.54, 1.807) is 35.2 Å². The number of carbonyl (C=O) groups is 1. The Hall–Kier alpha value is -1.84. The molecule has 1 amide bonds. The number of nitrogens with one attached hydrogen (secondary N) is 1. The molecule has 1 aromatic heterocycles. The van der Waals surface area contributed by atoms with E-state index < -0.39 is 10.0 Å². The smallest absolute Gasteiger partial charge is 0.286 e. The number of amides is 1. The standard InChI is InChI=1S/C20H23N3O3S3/c24-20(21-9-12-27-14-16-5-4-11-28-16)15-7-8-17-18(13-15)29(25,26)22-19-6-2-1-3-10-23(17)19/h4-5,7-8,11,13H,1-3,6,9-10,12,14H2,(H,21,24). The van der Waals surface area contributed by atoms with Crippen LogP contribution in [0.1, 0.15) is 40.9 Å². The largest absolute Gasteiger partial charge is 0.351 e. The van der Waals surface area contributed by atoms with Gasteiger partial charge in [0, 0.05) is 41.5 Å². The highest BCUT2D eigenvalue weighted by molar-refractivity contribution is 7.98. The van der Waals surface area contributed by atoms with Crippen LogP contribution in [-0.4, -0.2) is 39.0 Å². The minimum absolute atomic E-state index is 0.128. The number of hydrogen-bond acceptors (Lipinski definition) is 6. The molecule has 0 spiro atoms. The Bertz CT molecular complexity index is 1020. The van der Waals surface area contributed by atoms with Crippen molar-refractivity contribution in [2.75, 3.05) is 23.7 Å². The van der Waals surface area contributed by atoms with E-state index in [0.717, 1.165) is 37.3 Å². The monoisotopic (exact) mass is 449 g/mol. The molecule has 9 heteroatoms. The van der Waals surface area contributed by atoms with Gasteiger partial charge in [0.05, 0.1) is 5.69 Å². The van der Waals surface area contributed by atoms with E-state index in [0.29, 0.717) is 30.1 Å². The highest BCUT2D eigenvalue weighted by Gasteiger charge is 2.32. The van der Waals surface area contributed by atoms with E-state index in [1.807, 2.05) is 11.0 Å². The molecule has 0 aliphatic carbocycles. The summed E-state index contributed by atoms with van der Waals surface area (Å²) in [5, 5.41) is 4.93. The molecule has 2 aliphatic rings. The number of anilines is 1. The summed E-state index contributed by atoms with van der Waals surface area (Å²) in [4.78, 5) is 15.9. The van der Waals surface area contributed by atoms with Crippen LogP contribution >= 0.6 is 23.1 Å². The number of benzene rings is 1. The maximum atomic E-state index is 12.7. The van der Waals surface area contributed by atoms with Gasteiger partial charge in [0.1, 0.15) is 10.7 Å². The Balaban J connectivity index is 1.42. The topological polar surface area (TPSA) is 78.8 Å². The van der Waals surface area contributed by atoms with Crippen LogP contribution in [0.3, 0.4) is 0 Å². The zero-order chi connectivity index (χ0) is 20.3. The molecule has 3 heterocycles. The van der Waals surface area contributed by atoms with Crippen molar-refractivity contribution < 1.29 is 13.2 Å². The first-order valence-electron chi connectivity index (χ1n) is 9.68. The number of rotatable bonds is 6. The SMILES string of the molecule is O=C(NCCSCc1cccs1)c1ccc2c(c1)S(=O)(=O)N=C1CCCCCN12. The Kier molecular flexibility index (Phi) is 6.26. The van der Waals surface area contributed by atoms with E-state index in [1.165, 1.54) is 10.9 Å². The molecule has 1 saturated heterocycles. The molecule has 1 N–H and O–H groups in total. The summed E-state index contributed by atoms with van der Waals surface area (Å²) < 4.78 is 29.4. The van der Waals surface area contributed by atoms with Gasteiger partial charge in [-0.25, -0.2) is 0 Å². The Morgan fingerprint density at radius 3 is 2.97 bits per heavy atom. The zero-order valence-corrected chi connectivity index (χ0v) is 18.4. The summed E-state index contributed by atoms with van der Waals surface area (Å²) in [5.74, 6) is 2.09. The van der Waals surface area contributed by atoms with Gasteiger partial charge in [-0.1, -0.05) is 12.5 Å². The summed E-state index contributed by atoms with van der Waals surface area (Å²) in [5.41, 5.74) is 0.990. The Morgan fingerprint density at radius 1 is 1.24 bits per heavy atom. The van der Waals surface area contributed by atoms with E-state index in [9.17, 15) is 13.2 Å². The lowest BCUT2D eigenvalue weighted by molar-refractivity contribution is 0.0956. The Labute approximate surface area is 179 Å². The molecule has 4 rings (SSSR count). The number of hydrogen-bond donors (Lipinski definition) is 1. The molecule has 29 heavy (non-hydrogen) atoms. The minimum Gasteiger partial charge on any atom is -0.351 e. The molecule has 6 nitrogen and oxygen atoms in total. The van der Waals surface area contributed by atoms with Gasteiger partial charge in [0.25, 0.3) is 15.9 Å². The number of sulfonamides is 1. The van der Waals surface area contributed by atoms with Crippen LogP contribution in [-0.2, 0) is 15.8 Å². The van der Waals surface area contributed by atoms with Gasteiger partial charge in [-0.05, 0) is 42.5 Å². The fourth-order valence-corrected chi connectivity index (χ4v) is 6.51. The molecule has 2 aromatic rings. The number of carbonyl (C=O) groups excluding carboxylic acids is 1. The van der Waals surface area contributed by atoms with E-state index >= 15 is 0 Å². The highest BCUT2D eigenvalue weighted by Crippen LogP contribution is 2.35. The molecule has 0 unspecified atom stereocenters. The predicted octanol–water partition coefficient (Wildman–Crippen LogP) is 3.89. The normalized spacial score (nSPS) is 17.7. The average Bonchev–Trinajstić information content (AvgIpc) is 3.12. The zero-order valence-electron chi connectivity index (χ0n) is 16.0. The maximum Gasteiger partial charge on any atom is 0.286 e. The van der Waals surface area contributed by atoms with Crippen LogP contribution in [0.15, 0.2) is 45.0 Å². The van der Waals surface area contributed by atoms with Crippen molar-refractivity contribution >= 4 is 50.6 Å². The summed E-state index contributed by atoms with van der Waals surface area (Å²) >= 11 is 3.49. The first-order chi connectivity index (χ1) is 14.0. The van der Waals surface area contributed by atoms with Crippen LogP contribution in [0.5, 0.6) is 0 Å². The second kappa shape index (κ2) is 8.89. The second-order valence-corrected chi connectivity index (χ2v) is 10.7. The third-order valence-electron chi connectivity index (χ3n) is 4.97. The summed E-state index contributed by atoms with van der Waals surface area (Å²) in [7, 11) is -3.78. The van der Waals surface area contributed by atoms with Gasteiger partial charge in [-0.15, -0.1) is 15.7 Å². The maximum absolute atomic E-state index is 12.7. The first kappa shape index (κ1) is 20.4. The lowest BCUT2D eigenvalue weighted by Crippen LogP contribution is -2.35. The number of amidine groups is 1. The number of thioether (sulfide) groups is 1. The van der Waals surface area contributed by atoms with Crippen LogP contribution in [0, 0.1) is 0 Å². The first-order valence-corrected chi connectivity index (χ1v) is 13.2. The van der Waals surface area contributed by atoms with Crippen molar-refractivity contribution in [2.24, 2.45) is 4.40 Å². The summed E-state index contributed by atoms with van der Waals surface area (Å²) in [6.45, 7) is 1.29. The summed E-state index contributed by atoms with van der Waals surface area (Å²) in [6, 6.07) is 9.04. The van der Waals surface area contributed by atoms with Crippen LogP contribution in [0.25, 0.3) is 0 Å². The number of fused-ring (bicyclic) bond motifs is 3. The van der Waals surface area contributed by atoms with Gasteiger partial charge < -0.3 is 10.2 Å². The molecule has 0 radical (unpaired) electrons. The lowest BCUT2D eigenvalue weighted by atomic mass is 10.1. The molecular weight excluding hydrogens is 426 g/mol. The van der Waals surface area contributed by atoms with Gasteiger partial charge in [0.2, 0.25) is 0 Å². The van der Waals surface area contributed by atoms with E-state index in [-0.39, 0.29) is 10.8 Å². The van der Waals surface area contributed by atoms with Gasteiger partial charge >= 0.3 is 0 Å². The van der Waals surface area contributed by atoms with Crippen LogP contribution in [0.2, 0.25) is 0 Å². The van der Waals surface area contributed by atoms with E-state index in [4.69, 9.17) is 0 Å². The van der Waals surface area contributed by atoms with Gasteiger partial charge in [-0.3, -0.25) is 4.79 Å². The third kappa shape index (κ3) is 4.67. The molecule has 0 atom stereocenters. The highest BCUT2D eigenvalue weighted by atomic mass is 32.2. The molecule has 0 saturated carbocycles. The van der Waals surface area contributed by atoms with Crippen molar-refractivity contribution in [1.82, 2.24) is 5.32 Å². The number of thiophene rings is 1.